The van der Waals surface area contributed by atoms with Crippen molar-refractivity contribution < 1.29 is 0 Å². The van der Waals surface area contributed by atoms with Crippen molar-refractivity contribution >= 4 is 50.0 Å². The van der Waals surface area contributed by atoms with Crippen molar-refractivity contribution in [2.24, 2.45) is 0 Å². The Labute approximate surface area is 217 Å². The number of nitrogens with zero attached hydrogens (tertiary/aromatic N) is 3. The first-order valence-electron chi connectivity index (χ1n) is 12.3. The van der Waals surface area contributed by atoms with E-state index in [2.05, 4.69) is 125 Å². The second-order valence-corrected chi connectivity index (χ2v) is 9.14. The third-order valence-corrected chi connectivity index (χ3v) is 6.84. The van der Waals surface area contributed by atoms with Crippen LogP contribution in [0, 0.1) is 11.3 Å². The molecule has 0 atom stereocenters. The third-order valence-electron chi connectivity index (χ3n) is 6.84. The molecule has 176 valence electrons. The van der Waals surface area contributed by atoms with Crippen LogP contribution in [0.2, 0.25) is 0 Å². The Morgan fingerprint density at radius 2 is 0.973 bits per heavy atom. The summed E-state index contributed by atoms with van der Waals surface area (Å²) >= 11 is 0. The van der Waals surface area contributed by atoms with Crippen molar-refractivity contribution in [1.82, 2.24) is 0 Å². The number of rotatable bonds is 5. The quantitative estimate of drug-likeness (QED) is 0.249. The van der Waals surface area contributed by atoms with Gasteiger partial charge in [0.2, 0.25) is 0 Å². The van der Waals surface area contributed by atoms with E-state index in [-0.39, 0.29) is 0 Å². The highest BCUT2D eigenvalue weighted by molar-refractivity contribution is 5.92. The minimum Gasteiger partial charge on any atom is -0.345 e. The Balaban J connectivity index is 1.44. The molecule has 0 saturated heterocycles. The van der Waals surface area contributed by atoms with Gasteiger partial charge in [-0.25, -0.2) is 0 Å². The topological polar surface area (TPSA) is 30.3 Å². The molecule has 0 aliphatic rings. The van der Waals surface area contributed by atoms with Crippen molar-refractivity contribution in [3.05, 3.63) is 139 Å². The fourth-order valence-corrected chi connectivity index (χ4v) is 4.84. The van der Waals surface area contributed by atoms with Crippen molar-refractivity contribution in [2.75, 3.05) is 16.8 Å². The van der Waals surface area contributed by atoms with Gasteiger partial charge in [0, 0.05) is 35.5 Å². The Kier molecular flexibility index (Phi) is 5.77. The van der Waals surface area contributed by atoms with Gasteiger partial charge in [0.25, 0.3) is 0 Å². The van der Waals surface area contributed by atoms with Gasteiger partial charge < -0.3 is 9.80 Å². The molecule has 6 rings (SSSR count). The fourth-order valence-electron chi connectivity index (χ4n) is 4.84. The summed E-state index contributed by atoms with van der Waals surface area (Å²) in [6.45, 7) is 0. The van der Waals surface area contributed by atoms with Crippen LogP contribution in [0.1, 0.15) is 5.56 Å². The number of benzene rings is 6. The minimum atomic E-state index is 0.653. The maximum atomic E-state index is 9.29. The summed E-state index contributed by atoms with van der Waals surface area (Å²) in [4.78, 5) is 4.40. The molecule has 0 saturated carbocycles. The Bertz CT molecular complexity index is 1680. The highest BCUT2D eigenvalue weighted by Gasteiger charge is 2.15. The number of nitriles is 1. The average molecular weight is 476 g/mol. The van der Waals surface area contributed by atoms with Crippen LogP contribution in [0.25, 0.3) is 21.5 Å². The molecule has 0 aliphatic heterocycles. The molecule has 0 fully saturated rings. The lowest BCUT2D eigenvalue weighted by molar-refractivity contribution is 1.20. The second-order valence-electron chi connectivity index (χ2n) is 9.14. The van der Waals surface area contributed by atoms with Crippen LogP contribution in [0.3, 0.4) is 0 Å². The molecule has 0 amide bonds. The monoisotopic (exact) mass is 475 g/mol. The molecule has 0 heterocycles. The van der Waals surface area contributed by atoms with Crippen LogP contribution < -0.4 is 9.80 Å². The third kappa shape index (κ3) is 4.37. The zero-order valence-corrected chi connectivity index (χ0v) is 20.5. The van der Waals surface area contributed by atoms with E-state index in [1.807, 2.05) is 31.3 Å². The predicted octanol–water partition coefficient (Wildman–Crippen LogP) is 9.10. The van der Waals surface area contributed by atoms with Gasteiger partial charge >= 0.3 is 0 Å². The van der Waals surface area contributed by atoms with Crippen molar-refractivity contribution in [2.45, 2.75) is 0 Å². The summed E-state index contributed by atoms with van der Waals surface area (Å²) < 4.78 is 0. The van der Waals surface area contributed by atoms with Crippen LogP contribution in [-0.2, 0) is 0 Å². The highest BCUT2D eigenvalue weighted by Crippen LogP contribution is 2.38. The average Bonchev–Trinajstić information content (AvgIpc) is 2.97. The van der Waals surface area contributed by atoms with Crippen LogP contribution in [-0.4, -0.2) is 7.05 Å². The predicted molar refractivity (Wildman–Crippen MR) is 155 cm³/mol. The van der Waals surface area contributed by atoms with Gasteiger partial charge in [-0.2, -0.15) is 5.26 Å². The SMILES string of the molecule is CN(c1ccc(N(c2ccc3ccccc3c2)c2ccc3ccccc3c2)cc1)c1cccc(C#N)c1. The first-order chi connectivity index (χ1) is 18.2. The lowest BCUT2D eigenvalue weighted by atomic mass is 10.1. The van der Waals surface area contributed by atoms with E-state index in [0.717, 1.165) is 28.4 Å². The molecule has 0 unspecified atom stereocenters. The zero-order valence-electron chi connectivity index (χ0n) is 20.5. The molecule has 37 heavy (non-hydrogen) atoms. The van der Waals surface area contributed by atoms with E-state index >= 15 is 0 Å². The van der Waals surface area contributed by atoms with Gasteiger partial charge in [-0.05, 0) is 88.3 Å². The van der Waals surface area contributed by atoms with Gasteiger partial charge in [0.15, 0.2) is 0 Å². The van der Waals surface area contributed by atoms with E-state index in [0.29, 0.717) is 5.56 Å². The molecular weight excluding hydrogens is 450 g/mol. The summed E-state index contributed by atoms with van der Waals surface area (Å²) in [7, 11) is 2.02. The first kappa shape index (κ1) is 22.4. The first-order valence-corrected chi connectivity index (χ1v) is 12.3. The smallest absolute Gasteiger partial charge is 0.0992 e. The van der Waals surface area contributed by atoms with Crippen molar-refractivity contribution in [3.8, 4) is 6.07 Å². The molecule has 0 spiro atoms. The normalized spacial score (nSPS) is 10.8. The lowest BCUT2D eigenvalue weighted by Gasteiger charge is -2.27. The zero-order chi connectivity index (χ0) is 25.2. The van der Waals surface area contributed by atoms with E-state index in [1.165, 1.54) is 21.5 Å². The molecule has 0 aromatic heterocycles. The van der Waals surface area contributed by atoms with E-state index in [4.69, 9.17) is 0 Å². The van der Waals surface area contributed by atoms with E-state index in [9.17, 15) is 5.26 Å². The second kappa shape index (κ2) is 9.53. The number of anilines is 5. The fraction of sp³-hybridized carbons (Fsp3) is 0.0294. The minimum absolute atomic E-state index is 0.653. The molecule has 3 nitrogen and oxygen atoms in total. The molecule has 6 aromatic rings. The van der Waals surface area contributed by atoms with Gasteiger partial charge in [-0.1, -0.05) is 66.7 Å². The molecule has 0 bridgehead atoms. The number of fused-ring (bicyclic) bond motifs is 2. The highest BCUT2D eigenvalue weighted by atomic mass is 15.1. The molecule has 0 radical (unpaired) electrons. The van der Waals surface area contributed by atoms with Crippen LogP contribution in [0.5, 0.6) is 0 Å². The summed E-state index contributed by atoms with van der Waals surface area (Å²) in [5, 5.41) is 14.1. The molecule has 3 heteroatoms. The maximum absolute atomic E-state index is 9.29. The van der Waals surface area contributed by atoms with Crippen molar-refractivity contribution in [1.29, 1.82) is 5.26 Å². The Hall–Kier alpha value is -5.07. The largest absolute Gasteiger partial charge is 0.345 e. The summed E-state index contributed by atoms with van der Waals surface area (Å²) in [6, 6.07) is 48.6. The summed E-state index contributed by atoms with van der Waals surface area (Å²) in [6.07, 6.45) is 0. The lowest BCUT2D eigenvalue weighted by Crippen LogP contribution is -2.12. The number of hydrogen-bond acceptors (Lipinski definition) is 3. The van der Waals surface area contributed by atoms with E-state index < -0.39 is 0 Å². The van der Waals surface area contributed by atoms with Crippen LogP contribution >= 0.6 is 0 Å². The Morgan fingerprint density at radius 1 is 0.459 bits per heavy atom. The van der Waals surface area contributed by atoms with Crippen LogP contribution in [0.15, 0.2) is 133 Å². The molecular formula is C34H25N3. The maximum Gasteiger partial charge on any atom is 0.0992 e. The standard InChI is InChI=1S/C34H25N3/c1-36(32-12-6-7-25(21-32)24-35)30-17-19-31(20-18-30)37(33-15-13-26-8-2-4-10-28(26)22-33)34-16-14-27-9-3-5-11-29(27)23-34/h2-23H,1H3. The Morgan fingerprint density at radius 3 is 1.54 bits per heavy atom. The van der Waals surface area contributed by atoms with Gasteiger partial charge in [-0.15, -0.1) is 0 Å². The van der Waals surface area contributed by atoms with Gasteiger partial charge in [0.1, 0.15) is 0 Å². The summed E-state index contributed by atoms with van der Waals surface area (Å²) in [5.74, 6) is 0. The number of hydrogen-bond donors (Lipinski definition) is 0. The van der Waals surface area contributed by atoms with Gasteiger partial charge in [0.05, 0.1) is 11.6 Å². The van der Waals surface area contributed by atoms with Gasteiger partial charge in [-0.3, -0.25) is 0 Å². The van der Waals surface area contributed by atoms with Crippen LogP contribution in [0.4, 0.5) is 28.4 Å². The molecule has 0 N–H and O–H groups in total. The summed E-state index contributed by atoms with van der Waals surface area (Å²) in [5.41, 5.74) is 5.98. The molecule has 0 aliphatic carbocycles. The molecule has 6 aromatic carbocycles. The van der Waals surface area contributed by atoms with E-state index in [1.54, 1.807) is 0 Å². The van der Waals surface area contributed by atoms with Crippen molar-refractivity contribution in [3.63, 3.8) is 0 Å².